The number of aromatic nitrogens is 1. The number of carbonyl (C=O) groups excluding carboxylic acids is 1. The molecule has 1 aliphatic heterocycles. The molecule has 1 fully saturated rings. The van der Waals surface area contributed by atoms with E-state index in [-0.39, 0.29) is 5.91 Å². The smallest absolute Gasteiger partial charge is 0.224 e. The maximum atomic E-state index is 12.5. The predicted octanol–water partition coefficient (Wildman–Crippen LogP) is 1.79. The highest BCUT2D eigenvalue weighted by Crippen LogP contribution is 2.12. The van der Waals surface area contributed by atoms with Gasteiger partial charge in [0.15, 0.2) is 5.96 Å². The Hall–Kier alpha value is -3.09. The van der Waals surface area contributed by atoms with Crippen LogP contribution >= 0.6 is 0 Å². The number of guanidine groups is 1. The minimum atomic E-state index is 0.173. The Kier molecular flexibility index (Phi) is 7.44. The zero-order valence-corrected chi connectivity index (χ0v) is 17.3. The summed E-state index contributed by atoms with van der Waals surface area (Å²) in [7, 11) is 1.74. The van der Waals surface area contributed by atoms with Gasteiger partial charge in [-0.1, -0.05) is 35.9 Å². The van der Waals surface area contributed by atoms with Gasteiger partial charge in [-0.3, -0.25) is 9.79 Å². The van der Waals surface area contributed by atoms with Crippen molar-refractivity contribution >= 4 is 17.7 Å². The van der Waals surface area contributed by atoms with Crippen LogP contribution in [0.5, 0.6) is 0 Å². The number of rotatable bonds is 6. The third-order valence-corrected chi connectivity index (χ3v) is 5.04. The number of benzene rings is 1. The van der Waals surface area contributed by atoms with Crippen molar-refractivity contribution in [3.63, 3.8) is 0 Å². The summed E-state index contributed by atoms with van der Waals surface area (Å²) in [5, 5.41) is 6.51. The lowest BCUT2D eigenvalue weighted by Gasteiger charge is -2.35. The lowest BCUT2D eigenvalue weighted by Crippen LogP contribution is -2.49. The predicted molar refractivity (Wildman–Crippen MR) is 117 cm³/mol. The molecule has 0 radical (unpaired) electrons. The zero-order chi connectivity index (χ0) is 20.5. The molecule has 7 heteroatoms. The molecule has 1 aromatic heterocycles. The Bertz CT molecular complexity index is 798. The lowest BCUT2D eigenvalue weighted by molar-refractivity contribution is -0.131. The van der Waals surface area contributed by atoms with Crippen LogP contribution in [0.4, 0.5) is 5.82 Å². The third-order valence-electron chi connectivity index (χ3n) is 5.04. The van der Waals surface area contributed by atoms with Gasteiger partial charge in [-0.25, -0.2) is 4.98 Å². The number of aliphatic imine (C=N–C) groups is 1. The van der Waals surface area contributed by atoms with Crippen molar-refractivity contribution in [3.8, 4) is 0 Å². The summed E-state index contributed by atoms with van der Waals surface area (Å²) in [6, 6.07) is 14.3. The summed E-state index contributed by atoms with van der Waals surface area (Å²) in [6.07, 6.45) is 2.26. The van der Waals surface area contributed by atoms with E-state index in [1.807, 2.05) is 23.1 Å². The molecular formula is C22H30N6O. The van der Waals surface area contributed by atoms with E-state index in [9.17, 15) is 4.79 Å². The SMILES string of the molecule is CN=C(NCCC(=O)N1CCN(c2ccccn2)CC1)NCc1ccc(C)cc1. The maximum absolute atomic E-state index is 12.5. The van der Waals surface area contributed by atoms with Gasteiger partial charge in [0.25, 0.3) is 0 Å². The first-order chi connectivity index (χ1) is 14.2. The molecule has 1 aliphatic rings. The lowest BCUT2D eigenvalue weighted by atomic mass is 10.1. The molecule has 2 N–H and O–H groups in total. The molecule has 0 atom stereocenters. The van der Waals surface area contributed by atoms with Gasteiger partial charge in [0, 0.05) is 58.9 Å². The van der Waals surface area contributed by atoms with Gasteiger partial charge < -0.3 is 20.4 Å². The van der Waals surface area contributed by atoms with E-state index in [0.717, 1.165) is 32.0 Å². The molecule has 3 rings (SSSR count). The molecule has 1 saturated heterocycles. The van der Waals surface area contributed by atoms with E-state index in [1.54, 1.807) is 13.2 Å². The number of nitrogens with one attached hydrogen (secondary N) is 2. The molecule has 29 heavy (non-hydrogen) atoms. The van der Waals surface area contributed by atoms with Crippen molar-refractivity contribution in [2.24, 2.45) is 4.99 Å². The molecule has 0 bridgehead atoms. The number of amides is 1. The van der Waals surface area contributed by atoms with Crippen LogP contribution < -0.4 is 15.5 Å². The number of aryl methyl sites for hydroxylation is 1. The van der Waals surface area contributed by atoms with Gasteiger partial charge in [-0.15, -0.1) is 0 Å². The van der Waals surface area contributed by atoms with E-state index in [0.29, 0.717) is 25.5 Å². The number of carbonyl (C=O) groups is 1. The Labute approximate surface area is 172 Å². The standard InChI is InChI=1S/C22H30N6O/c1-18-6-8-19(9-7-18)17-26-22(23-2)25-12-10-21(29)28-15-13-27(14-16-28)20-5-3-4-11-24-20/h3-9,11H,10,12-17H2,1-2H3,(H2,23,25,26). The Morgan fingerprint density at radius 2 is 1.83 bits per heavy atom. The zero-order valence-electron chi connectivity index (χ0n) is 17.3. The van der Waals surface area contributed by atoms with Crippen molar-refractivity contribution in [3.05, 3.63) is 59.8 Å². The Morgan fingerprint density at radius 1 is 1.07 bits per heavy atom. The van der Waals surface area contributed by atoms with Gasteiger partial charge in [0.05, 0.1) is 0 Å². The average molecular weight is 395 g/mol. The summed E-state index contributed by atoms with van der Waals surface area (Å²) in [5.74, 6) is 1.86. The monoisotopic (exact) mass is 394 g/mol. The molecule has 0 unspecified atom stereocenters. The van der Waals surface area contributed by atoms with Crippen LogP contribution in [0.3, 0.4) is 0 Å². The molecule has 2 aromatic rings. The fourth-order valence-electron chi connectivity index (χ4n) is 3.28. The molecule has 154 valence electrons. The normalized spacial score (nSPS) is 14.6. The van der Waals surface area contributed by atoms with Crippen LogP contribution in [0.2, 0.25) is 0 Å². The van der Waals surface area contributed by atoms with E-state index in [4.69, 9.17) is 0 Å². The first-order valence-electron chi connectivity index (χ1n) is 10.1. The second-order valence-corrected chi connectivity index (χ2v) is 7.14. The van der Waals surface area contributed by atoms with Crippen molar-refractivity contribution < 1.29 is 4.79 Å². The number of hydrogen-bond acceptors (Lipinski definition) is 4. The summed E-state index contributed by atoms with van der Waals surface area (Å²) >= 11 is 0. The highest BCUT2D eigenvalue weighted by atomic mass is 16.2. The second kappa shape index (κ2) is 10.5. The van der Waals surface area contributed by atoms with Crippen molar-refractivity contribution in [2.45, 2.75) is 19.9 Å². The molecule has 2 heterocycles. The summed E-state index contributed by atoms with van der Waals surface area (Å²) in [4.78, 5) is 25.3. The number of anilines is 1. The van der Waals surface area contributed by atoms with E-state index in [1.165, 1.54) is 11.1 Å². The fraction of sp³-hybridized carbons (Fsp3) is 0.409. The van der Waals surface area contributed by atoms with Crippen LogP contribution in [-0.2, 0) is 11.3 Å². The third kappa shape index (κ3) is 6.20. The van der Waals surface area contributed by atoms with Gasteiger partial charge in [-0.2, -0.15) is 0 Å². The fourth-order valence-corrected chi connectivity index (χ4v) is 3.28. The van der Waals surface area contributed by atoms with Crippen LogP contribution in [0, 0.1) is 6.92 Å². The van der Waals surface area contributed by atoms with Crippen molar-refractivity contribution in [1.29, 1.82) is 0 Å². The summed E-state index contributed by atoms with van der Waals surface area (Å²) in [6.45, 7) is 6.43. The molecule has 1 aromatic carbocycles. The molecular weight excluding hydrogens is 364 g/mol. The van der Waals surface area contributed by atoms with Crippen molar-refractivity contribution in [2.75, 3.05) is 44.7 Å². The molecule has 0 spiro atoms. The Morgan fingerprint density at radius 3 is 2.48 bits per heavy atom. The molecule has 0 saturated carbocycles. The van der Waals surface area contributed by atoms with Gasteiger partial charge in [0.2, 0.25) is 5.91 Å². The van der Waals surface area contributed by atoms with Gasteiger partial charge >= 0.3 is 0 Å². The van der Waals surface area contributed by atoms with E-state index < -0.39 is 0 Å². The van der Waals surface area contributed by atoms with Crippen LogP contribution in [0.25, 0.3) is 0 Å². The first-order valence-corrected chi connectivity index (χ1v) is 10.1. The highest BCUT2D eigenvalue weighted by molar-refractivity contribution is 5.81. The van der Waals surface area contributed by atoms with Crippen LogP contribution in [0.1, 0.15) is 17.5 Å². The molecule has 1 amide bonds. The second-order valence-electron chi connectivity index (χ2n) is 7.14. The minimum Gasteiger partial charge on any atom is -0.356 e. The average Bonchev–Trinajstić information content (AvgIpc) is 2.78. The summed E-state index contributed by atoms with van der Waals surface area (Å²) < 4.78 is 0. The van der Waals surface area contributed by atoms with Gasteiger partial charge in [0.1, 0.15) is 5.82 Å². The molecule has 7 nitrogen and oxygen atoms in total. The first kappa shape index (κ1) is 20.6. The minimum absolute atomic E-state index is 0.173. The van der Waals surface area contributed by atoms with E-state index in [2.05, 4.69) is 56.7 Å². The van der Waals surface area contributed by atoms with Crippen molar-refractivity contribution in [1.82, 2.24) is 20.5 Å². The quantitative estimate of drug-likeness (QED) is 0.577. The number of piperazine rings is 1. The maximum Gasteiger partial charge on any atom is 0.224 e. The highest BCUT2D eigenvalue weighted by Gasteiger charge is 2.21. The van der Waals surface area contributed by atoms with Crippen LogP contribution in [0.15, 0.2) is 53.7 Å². The topological polar surface area (TPSA) is 72.9 Å². The number of hydrogen-bond donors (Lipinski definition) is 2. The van der Waals surface area contributed by atoms with E-state index >= 15 is 0 Å². The Balaban J connectivity index is 1.36. The number of nitrogens with zero attached hydrogens (tertiary/aromatic N) is 4. The summed E-state index contributed by atoms with van der Waals surface area (Å²) in [5.41, 5.74) is 2.44. The van der Waals surface area contributed by atoms with Crippen LogP contribution in [-0.4, -0.2) is 61.5 Å². The largest absolute Gasteiger partial charge is 0.356 e. The van der Waals surface area contributed by atoms with Gasteiger partial charge in [-0.05, 0) is 24.6 Å². The molecule has 0 aliphatic carbocycles. The number of pyridine rings is 1.